The third-order valence-corrected chi connectivity index (χ3v) is 2.52. The van der Waals surface area contributed by atoms with Crippen molar-refractivity contribution in [2.24, 2.45) is 0 Å². The molecule has 7 heteroatoms. The number of alkyl halides is 3. The van der Waals surface area contributed by atoms with Crippen LogP contribution in [0.15, 0.2) is 36.9 Å². The van der Waals surface area contributed by atoms with E-state index in [0.29, 0.717) is 12.0 Å². The van der Waals surface area contributed by atoms with Gasteiger partial charge in [-0.25, -0.2) is 4.79 Å². The molecule has 2 N–H and O–H groups in total. The Morgan fingerprint density at radius 3 is 2.41 bits per heavy atom. The fraction of sp³-hybridized carbons (Fsp3) is 0.400. The zero-order valence-electron chi connectivity index (χ0n) is 12.5. The van der Waals surface area contributed by atoms with Crippen LogP contribution < -0.4 is 5.32 Å². The van der Waals surface area contributed by atoms with Crippen molar-refractivity contribution in [3.8, 4) is 0 Å². The smallest absolute Gasteiger partial charge is 0.416 e. The molecule has 1 rings (SSSR count). The van der Waals surface area contributed by atoms with E-state index in [1.54, 1.807) is 6.07 Å². The SMILES string of the molecule is C=CC(=O)O.CCNC(C)Cc1cccc(C(F)(F)F)c1.Cl. The van der Waals surface area contributed by atoms with Gasteiger partial charge in [0.25, 0.3) is 0 Å². The van der Waals surface area contributed by atoms with Crippen molar-refractivity contribution in [3.05, 3.63) is 48.0 Å². The van der Waals surface area contributed by atoms with Gasteiger partial charge in [-0.3, -0.25) is 0 Å². The zero-order valence-corrected chi connectivity index (χ0v) is 13.3. The number of carboxylic acid groups (broad SMARTS) is 1. The van der Waals surface area contributed by atoms with E-state index < -0.39 is 17.7 Å². The molecule has 0 aromatic heterocycles. The minimum Gasteiger partial charge on any atom is -0.478 e. The second-order valence-corrected chi connectivity index (χ2v) is 4.40. The van der Waals surface area contributed by atoms with Crippen molar-refractivity contribution in [3.63, 3.8) is 0 Å². The van der Waals surface area contributed by atoms with E-state index in [1.807, 2.05) is 13.8 Å². The Hall–Kier alpha value is -1.53. The maximum Gasteiger partial charge on any atom is 0.416 e. The molecule has 3 nitrogen and oxygen atoms in total. The summed E-state index contributed by atoms with van der Waals surface area (Å²) in [6.45, 7) is 7.72. The Labute approximate surface area is 134 Å². The standard InChI is InChI=1S/C12H16F3N.C3H4O2.ClH/c1-3-16-9(2)7-10-5-4-6-11(8-10)12(13,14)15;1-2-3(4)5;/h4-6,8-9,16H,3,7H2,1-2H3;2H,1H2,(H,4,5);1H. The molecule has 0 heterocycles. The molecular formula is C15H21ClF3NO2. The van der Waals surface area contributed by atoms with Crippen LogP contribution in [-0.4, -0.2) is 23.7 Å². The second kappa shape index (κ2) is 11.1. The summed E-state index contributed by atoms with van der Waals surface area (Å²) in [7, 11) is 0. The third-order valence-electron chi connectivity index (χ3n) is 2.52. The molecule has 1 unspecified atom stereocenters. The number of hydrogen-bond acceptors (Lipinski definition) is 2. The molecule has 0 spiro atoms. The van der Waals surface area contributed by atoms with Crippen molar-refractivity contribution >= 4 is 18.4 Å². The van der Waals surface area contributed by atoms with Gasteiger partial charge < -0.3 is 10.4 Å². The van der Waals surface area contributed by atoms with Crippen LogP contribution >= 0.6 is 12.4 Å². The number of hydrogen-bond donors (Lipinski definition) is 2. The molecule has 22 heavy (non-hydrogen) atoms. The minimum atomic E-state index is -4.25. The summed E-state index contributed by atoms with van der Waals surface area (Å²) in [6.07, 6.45) is -2.81. The minimum absolute atomic E-state index is 0. The van der Waals surface area contributed by atoms with Crippen molar-refractivity contribution < 1.29 is 23.1 Å². The fourth-order valence-corrected chi connectivity index (χ4v) is 1.65. The molecule has 1 atom stereocenters. The molecule has 0 aliphatic heterocycles. The average Bonchev–Trinajstić information content (AvgIpc) is 2.39. The lowest BCUT2D eigenvalue weighted by atomic mass is 10.0. The summed E-state index contributed by atoms with van der Waals surface area (Å²) in [6, 6.07) is 5.68. The Bertz CT molecular complexity index is 464. The molecule has 0 saturated heterocycles. The van der Waals surface area contributed by atoms with Crippen LogP contribution in [0.5, 0.6) is 0 Å². The van der Waals surface area contributed by atoms with Gasteiger partial charge in [0.1, 0.15) is 0 Å². The third kappa shape index (κ3) is 10.2. The van der Waals surface area contributed by atoms with Crippen LogP contribution in [0.3, 0.4) is 0 Å². The molecule has 0 aliphatic carbocycles. The summed E-state index contributed by atoms with van der Waals surface area (Å²) in [5.74, 6) is -0.981. The van der Waals surface area contributed by atoms with E-state index in [0.717, 1.165) is 18.7 Å². The van der Waals surface area contributed by atoms with Crippen LogP contribution in [0.4, 0.5) is 13.2 Å². The number of halogens is 4. The molecule has 1 aromatic carbocycles. The summed E-state index contributed by atoms with van der Waals surface area (Å²) in [5, 5.41) is 10.8. The lowest BCUT2D eigenvalue weighted by Crippen LogP contribution is -2.27. The van der Waals surface area contributed by atoms with E-state index in [4.69, 9.17) is 5.11 Å². The number of likely N-dealkylation sites (N-methyl/N-ethyl adjacent to an activating group) is 1. The Morgan fingerprint density at radius 2 is 2.00 bits per heavy atom. The number of rotatable bonds is 5. The van der Waals surface area contributed by atoms with Crippen molar-refractivity contribution in [1.29, 1.82) is 0 Å². The first-order valence-corrected chi connectivity index (χ1v) is 6.45. The van der Waals surface area contributed by atoms with Crippen molar-refractivity contribution in [2.75, 3.05) is 6.54 Å². The van der Waals surface area contributed by atoms with Crippen LogP contribution in [0.2, 0.25) is 0 Å². The predicted molar refractivity (Wildman–Crippen MR) is 83.4 cm³/mol. The van der Waals surface area contributed by atoms with E-state index in [1.165, 1.54) is 12.1 Å². The summed E-state index contributed by atoms with van der Waals surface area (Å²) < 4.78 is 37.3. The lowest BCUT2D eigenvalue weighted by molar-refractivity contribution is -0.137. The highest BCUT2D eigenvalue weighted by molar-refractivity contribution is 5.85. The maximum atomic E-state index is 12.4. The highest BCUT2D eigenvalue weighted by atomic mass is 35.5. The first-order chi connectivity index (χ1) is 9.70. The maximum absolute atomic E-state index is 12.4. The van der Waals surface area contributed by atoms with Gasteiger partial charge >= 0.3 is 12.1 Å². The van der Waals surface area contributed by atoms with E-state index in [-0.39, 0.29) is 18.4 Å². The molecule has 126 valence electrons. The van der Waals surface area contributed by atoms with Crippen LogP contribution in [0.25, 0.3) is 0 Å². The van der Waals surface area contributed by atoms with Gasteiger partial charge in [0.2, 0.25) is 0 Å². The van der Waals surface area contributed by atoms with Gasteiger partial charge in [0, 0.05) is 12.1 Å². The summed E-state index contributed by atoms with van der Waals surface area (Å²) in [4.78, 5) is 9.25. The number of benzene rings is 1. The fourth-order valence-electron chi connectivity index (χ4n) is 1.65. The molecule has 1 aromatic rings. The molecule has 0 aliphatic rings. The Morgan fingerprint density at radius 1 is 1.45 bits per heavy atom. The Balaban J connectivity index is 0. The normalized spacial score (nSPS) is 11.5. The highest BCUT2D eigenvalue weighted by Crippen LogP contribution is 2.29. The Kier molecular flexibility index (Phi) is 11.5. The topological polar surface area (TPSA) is 49.3 Å². The summed E-state index contributed by atoms with van der Waals surface area (Å²) in [5.41, 5.74) is 0.136. The molecule has 0 radical (unpaired) electrons. The van der Waals surface area contributed by atoms with Crippen LogP contribution in [-0.2, 0) is 17.4 Å². The van der Waals surface area contributed by atoms with Gasteiger partial charge in [-0.1, -0.05) is 31.7 Å². The first kappa shape index (κ1) is 22.7. The largest absolute Gasteiger partial charge is 0.478 e. The van der Waals surface area contributed by atoms with Crippen molar-refractivity contribution in [2.45, 2.75) is 32.5 Å². The lowest BCUT2D eigenvalue weighted by Gasteiger charge is -2.13. The zero-order chi connectivity index (χ0) is 16.5. The number of carbonyl (C=O) groups is 1. The molecule has 0 amide bonds. The van der Waals surface area contributed by atoms with Gasteiger partial charge in [-0.2, -0.15) is 13.2 Å². The molecule has 0 fully saturated rings. The van der Waals surface area contributed by atoms with Crippen LogP contribution in [0, 0.1) is 0 Å². The number of nitrogens with one attached hydrogen (secondary N) is 1. The molecule has 0 saturated carbocycles. The van der Waals surface area contributed by atoms with Gasteiger partial charge in [0.05, 0.1) is 5.56 Å². The van der Waals surface area contributed by atoms with E-state index >= 15 is 0 Å². The molecule has 0 bridgehead atoms. The van der Waals surface area contributed by atoms with E-state index in [2.05, 4.69) is 11.9 Å². The summed E-state index contributed by atoms with van der Waals surface area (Å²) >= 11 is 0. The quantitative estimate of drug-likeness (QED) is 0.799. The second-order valence-electron chi connectivity index (χ2n) is 4.40. The van der Waals surface area contributed by atoms with Gasteiger partial charge in [0.15, 0.2) is 0 Å². The van der Waals surface area contributed by atoms with Crippen LogP contribution in [0.1, 0.15) is 25.0 Å². The first-order valence-electron chi connectivity index (χ1n) is 6.45. The predicted octanol–water partition coefficient (Wildman–Crippen LogP) is 3.92. The number of aliphatic carboxylic acids is 1. The average molecular weight is 340 g/mol. The van der Waals surface area contributed by atoms with Gasteiger partial charge in [-0.15, -0.1) is 12.4 Å². The highest BCUT2D eigenvalue weighted by Gasteiger charge is 2.30. The molecular weight excluding hydrogens is 319 g/mol. The monoisotopic (exact) mass is 339 g/mol. The van der Waals surface area contributed by atoms with E-state index in [9.17, 15) is 18.0 Å². The van der Waals surface area contributed by atoms with Gasteiger partial charge in [-0.05, 0) is 31.5 Å². The van der Waals surface area contributed by atoms with Crippen molar-refractivity contribution in [1.82, 2.24) is 5.32 Å². The number of carboxylic acids is 1.